The van der Waals surface area contributed by atoms with Gasteiger partial charge in [-0.15, -0.1) is 12.4 Å². The second-order valence-electron chi connectivity index (χ2n) is 6.88. The highest BCUT2D eigenvalue weighted by Gasteiger charge is 2.32. The zero-order valence-corrected chi connectivity index (χ0v) is 17.0. The van der Waals surface area contributed by atoms with E-state index in [1.54, 1.807) is 25.1 Å². The van der Waals surface area contributed by atoms with Gasteiger partial charge in [-0.1, -0.05) is 29.3 Å². The van der Waals surface area contributed by atoms with Gasteiger partial charge < -0.3 is 15.5 Å². The fourth-order valence-corrected chi connectivity index (χ4v) is 4.11. The number of carbonyl (C=O) groups excluding carboxylic acids is 2. The summed E-state index contributed by atoms with van der Waals surface area (Å²) in [6, 6.07) is 4.29. The van der Waals surface area contributed by atoms with Crippen molar-refractivity contribution < 1.29 is 9.59 Å². The van der Waals surface area contributed by atoms with Gasteiger partial charge in [0.05, 0.1) is 15.6 Å². The number of hydrogen-bond acceptors (Lipinski definition) is 3. The van der Waals surface area contributed by atoms with Gasteiger partial charge in [-0.25, -0.2) is 0 Å². The highest BCUT2D eigenvalue weighted by molar-refractivity contribution is 6.43. The lowest BCUT2D eigenvalue weighted by Crippen LogP contribution is -2.47. The summed E-state index contributed by atoms with van der Waals surface area (Å²) in [7, 11) is 0. The van der Waals surface area contributed by atoms with Crippen molar-refractivity contribution >= 4 is 47.4 Å². The Morgan fingerprint density at radius 3 is 2.42 bits per heavy atom. The third-order valence-corrected chi connectivity index (χ3v) is 6.06. The molecule has 2 N–H and O–H groups in total. The summed E-state index contributed by atoms with van der Waals surface area (Å²) in [6.07, 6.45) is 2.04. The van der Waals surface area contributed by atoms with Crippen LogP contribution < -0.4 is 10.6 Å². The molecule has 0 aromatic heterocycles. The van der Waals surface area contributed by atoms with Gasteiger partial charge >= 0.3 is 0 Å². The van der Waals surface area contributed by atoms with E-state index in [1.807, 2.05) is 4.90 Å². The number of likely N-dealkylation sites (tertiary alicyclic amines) is 1. The first-order chi connectivity index (χ1) is 12.0. The Hall–Kier alpha value is -1.01. The second-order valence-corrected chi connectivity index (χ2v) is 7.66. The quantitative estimate of drug-likeness (QED) is 0.790. The number of rotatable bonds is 3. The maximum absolute atomic E-state index is 12.7. The number of halogens is 3. The molecule has 3 atom stereocenters. The maximum atomic E-state index is 12.7. The number of carbonyl (C=O) groups is 2. The van der Waals surface area contributed by atoms with Crippen molar-refractivity contribution in [3.05, 3.63) is 33.8 Å². The Bertz CT molecular complexity index is 657. The standard InChI is InChI=1S/C18H23Cl2N3O2.ClH/c1-11(22-17(24)14-3-2-4-15(19)16(14)20)18(25)23-7-5-12-9-21-10-13(12)6-8-23;/h2-4,11-13,21H,5-10H2,1H3,(H,22,24);1H/t11?,12-,13+;. The number of fused-ring (bicyclic) bond motifs is 1. The van der Waals surface area contributed by atoms with E-state index in [0.29, 0.717) is 16.9 Å². The second kappa shape index (κ2) is 9.27. The smallest absolute Gasteiger partial charge is 0.253 e. The molecule has 2 heterocycles. The molecule has 0 bridgehead atoms. The summed E-state index contributed by atoms with van der Waals surface area (Å²) in [5.41, 5.74) is 0.283. The van der Waals surface area contributed by atoms with Gasteiger partial charge in [0.25, 0.3) is 5.91 Å². The van der Waals surface area contributed by atoms with E-state index in [-0.39, 0.29) is 34.8 Å². The van der Waals surface area contributed by atoms with Crippen LogP contribution in [-0.4, -0.2) is 48.9 Å². The minimum Gasteiger partial charge on any atom is -0.341 e. The maximum Gasteiger partial charge on any atom is 0.253 e. The molecular weight excluding hydrogens is 397 g/mol. The van der Waals surface area contributed by atoms with Crippen LogP contribution >= 0.6 is 35.6 Å². The molecule has 0 saturated carbocycles. The van der Waals surface area contributed by atoms with Crippen LogP contribution in [-0.2, 0) is 4.79 Å². The number of benzene rings is 1. The van der Waals surface area contributed by atoms with E-state index in [1.165, 1.54) is 0 Å². The van der Waals surface area contributed by atoms with E-state index < -0.39 is 6.04 Å². The lowest BCUT2D eigenvalue weighted by molar-refractivity contribution is -0.132. The van der Waals surface area contributed by atoms with E-state index in [2.05, 4.69) is 10.6 Å². The first-order valence-electron chi connectivity index (χ1n) is 8.71. The van der Waals surface area contributed by atoms with Crippen molar-refractivity contribution in [2.45, 2.75) is 25.8 Å². The van der Waals surface area contributed by atoms with Crippen LogP contribution in [0.1, 0.15) is 30.1 Å². The molecule has 2 saturated heterocycles. The first kappa shape index (κ1) is 21.3. The van der Waals surface area contributed by atoms with Crippen LogP contribution in [0.15, 0.2) is 18.2 Å². The largest absolute Gasteiger partial charge is 0.341 e. The summed E-state index contributed by atoms with van der Waals surface area (Å²) in [4.78, 5) is 27.0. The molecule has 2 aliphatic heterocycles. The Morgan fingerprint density at radius 2 is 1.81 bits per heavy atom. The van der Waals surface area contributed by atoms with Crippen molar-refractivity contribution in [3.8, 4) is 0 Å². The van der Waals surface area contributed by atoms with Gasteiger partial charge in [-0.3, -0.25) is 9.59 Å². The number of hydrogen-bond donors (Lipinski definition) is 2. The summed E-state index contributed by atoms with van der Waals surface area (Å²) in [5.74, 6) is 0.893. The van der Waals surface area contributed by atoms with Crippen molar-refractivity contribution in [2.75, 3.05) is 26.2 Å². The van der Waals surface area contributed by atoms with Crippen LogP contribution in [0.25, 0.3) is 0 Å². The molecule has 8 heteroatoms. The SMILES string of the molecule is CC(NC(=O)c1cccc(Cl)c1Cl)C(=O)N1CC[C@@H]2CNC[C@@H]2CC1.Cl. The topological polar surface area (TPSA) is 61.4 Å². The zero-order valence-electron chi connectivity index (χ0n) is 14.6. The van der Waals surface area contributed by atoms with E-state index in [4.69, 9.17) is 23.2 Å². The summed E-state index contributed by atoms with van der Waals surface area (Å²) in [6.45, 7) is 5.31. The van der Waals surface area contributed by atoms with Gasteiger partial charge in [-0.2, -0.15) is 0 Å². The van der Waals surface area contributed by atoms with Crippen LogP contribution in [0.3, 0.4) is 0 Å². The summed E-state index contributed by atoms with van der Waals surface area (Å²) >= 11 is 12.0. The molecule has 2 amide bonds. The molecule has 0 spiro atoms. The Labute approximate surface area is 170 Å². The molecule has 1 aromatic carbocycles. The Balaban J connectivity index is 0.00000243. The molecule has 1 unspecified atom stereocenters. The van der Waals surface area contributed by atoms with Gasteiger partial charge in [-0.05, 0) is 56.8 Å². The third-order valence-electron chi connectivity index (χ3n) is 5.25. The van der Waals surface area contributed by atoms with Crippen LogP contribution in [0.2, 0.25) is 10.0 Å². The normalized spacial score (nSPS) is 23.4. The lowest BCUT2D eigenvalue weighted by atomic mass is 9.92. The van der Waals surface area contributed by atoms with E-state index in [0.717, 1.165) is 39.0 Å². The third kappa shape index (κ3) is 4.63. The number of nitrogens with zero attached hydrogens (tertiary/aromatic N) is 1. The highest BCUT2D eigenvalue weighted by Crippen LogP contribution is 2.28. The van der Waals surface area contributed by atoms with E-state index in [9.17, 15) is 9.59 Å². The monoisotopic (exact) mass is 419 g/mol. The van der Waals surface area contributed by atoms with Crippen LogP contribution in [0.5, 0.6) is 0 Å². The van der Waals surface area contributed by atoms with Crippen LogP contribution in [0, 0.1) is 11.8 Å². The fraction of sp³-hybridized carbons (Fsp3) is 0.556. The zero-order chi connectivity index (χ0) is 18.0. The minimum absolute atomic E-state index is 0. The molecule has 0 radical (unpaired) electrons. The van der Waals surface area contributed by atoms with Crippen LogP contribution in [0.4, 0.5) is 0 Å². The van der Waals surface area contributed by atoms with Gasteiger partial charge in [0.15, 0.2) is 0 Å². The summed E-state index contributed by atoms with van der Waals surface area (Å²) < 4.78 is 0. The average molecular weight is 421 g/mol. The molecule has 26 heavy (non-hydrogen) atoms. The predicted octanol–water partition coefficient (Wildman–Crippen LogP) is 2.99. The van der Waals surface area contributed by atoms with E-state index >= 15 is 0 Å². The van der Waals surface area contributed by atoms with Crippen molar-refractivity contribution in [1.82, 2.24) is 15.5 Å². The number of amides is 2. The Kier molecular flexibility index (Phi) is 7.59. The Morgan fingerprint density at radius 1 is 1.19 bits per heavy atom. The molecule has 3 rings (SSSR count). The van der Waals surface area contributed by atoms with Crippen molar-refractivity contribution in [1.29, 1.82) is 0 Å². The molecule has 2 fully saturated rings. The molecule has 1 aromatic rings. The van der Waals surface area contributed by atoms with Gasteiger partial charge in [0, 0.05) is 13.1 Å². The number of nitrogens with one attached hydrogen (secondary N) is 2. The van der Waals surface area contributed by atoms with Crippen molar-refractivity contribution in [2.24, 2.45) is 11.8 Å². The average Bonchev–Trinajstić information content (AvgIpc) is 2.95. The van der Waals surface area contributed by atoms with Crippen molar-refractivity contribution in [3.63, 3.8) is 0 Å². The molecule has 5 nitrogen and oxygen atoms in total. The highest BCUT2D eigenvalue weighted by atomic mass is 35.5. The first-order valence-corrected chi connectivity index (χ1v) is 9.47. The minimum atomic E-state index is -0.599. The molecule has 0 aliphatic carbocycles. The lowest BCUT2D eigenvalue weighted by Gasteiger charge is -2.25. The van der Waals surface area contributed by atoms with Gasteiger partial charge in [0.2, 0.25) is 5.91 Å². The molecule has 144 valence electrons. The van der Waals surface area contributed by atoms with Gasteiger partial charge in [0.1, 0.15) is 6.04 Å². The predicted molar refractivity (Wildman–Crippen MR) is 106 cm³/mol. The summed E-state index contributed by atoms with van der Waals surface area (Å²) in [5, 5.41) is 6.70. The molecular formula is C18H24Cl3N3O2. The molecule has 2 aliphatic rings. The fourth-order valence-electron chi connectivity index (χ4n) is 3.73.